The summed E-state index contributed by atoms with van der Waals surface area (Å²) in [6.07, 6.45) is -2.22. The molecule has 0 aliphatic rings. The quantitative estimate of drug-likeness (QED) is 0.457. The van der Waals surface area contributed by atoms with E-state index in [0.717, 1.165) is 12.1 Å². The second-order valence-electron chi connectivity index (χ2n) is 7.86. The van der Waals surface area contributed by atoms with Gasteiger partial charge in [-0.15, -0.1) is 0 Å². The Kier molecular flexibility index (Phi) is 5.66. The number of aromatic nitrogens is 5. The van der Waals surface area contributed by atoms with E-state index in [1.807, 2.05) is 0 Å². The molecule has 3 heterocycles. The number of aliphatic hydroxyl groups is 1. The molecule has 4 rings (SSSR count). The lowest BCUT2D eigenvalue weighted by Gasteiger charge is -2.17. The Morgan fingerprint density at radius 3 is 2.55 bits per heavy atom. The molecule has 0 atom stereocenters. The smallest absolute Gasteiger partial charge is 0.417 e. The minimum atomic E-state index is -4.47. The van der Waals surface area contributed by atoms with Gasteiger partial charge in [-0.3, -0.25) is 4.68 Å². The molecule has 0 bridgehead atoms. The van der Waals surface area contributed by atoms with E-state index in [1.54, 1.807) is 45.2 Å². The van der Waals surface area contributed by atoms with E-state index in [4.69, 9.17) is 9.26 Å². The van der Waals surface area contributed by atoms with Crippen LogP contribution in [0.2, 0.25) is 0 Å². The van der Waals surface area contributed by atoms with Crippen LogP contribution in [-0.2, 0) is 25.4 Å². The fourth-order valence-corrected chi connectivity index (χ4v) is 3.08. The van der Waals surface area contributed by atoms with Crippen LogP contribution in [0, 0.1) is 0 Å². The highest BCUT2D eigenvalue weighted by atomic mass is 19.4. The SMILES string of the molecule is Cn1ncc(-c2nc(-c3cccc(C(C)(C)O)c3)no2)c1COc1ccc(C(F)(F)F)cn1. The molecule has 0 spiro atoms. The summed E-state index contributed by atoms with van der Waals surface area (Å²) < 4.78 is 50.6. The summed E-state index contributed by atoms with van der Waals surface area (Å²) in [7, 11) is 1.69. The van der Waals surface area contributed by atoms with Gasteiger partial charge in [0.05, 0.1) is 28.6 Å². The van der Waals surface area contributed by atoms with Crippen molar-refractivity contribution in [2.45, 2.75) is 32.2 Å². The number of aryl methyl sites for hydroxylation is 1. The summed E-state index contributed by atoms with van der Waals surface area (Å²) in [6.45, 7) is 3.33. The Bertz CT molecular complexity index is 1260. The van der Waals surface area contributed by atoms with E-state index >= 15 is 0 Å². The van der Waals surface area contributed by atoms with Crippen LogP contribution in [0.4, 0.5) is 13.2 Å². The summed E-state index contributed by atoms with van der Waals surface area (Å²) in [6, 6.07) is 9.22. The van der Waals surface area contributed by atoms with Crippen LogP contribution in [-0.4, -0.2) is 30.0 Å². The third-order valence-electron chi connectivity index (χ3n) is 4.97. The molecule has 0 aliphatic heterocycles. The predicted octanol–water partition coefficient (Wildman–Crippen LogP) is 4.36. The van der Waals surface area contributed by atoms with Crippen molar-refractivity contribution in [1.29, 1.82) is 0 Å². The predicted molar refractivity (Wildman–Crippen MR) is 111 cm³/mol. The van der Waals surface area contributed by atoms with Crippen LogP contribution in [0.25, 0.3) is 22.8 Å². The normalized spacial score (nSPS) is 12.2. The van der Waals surface area contributed by atoms with Crippen molar-refractivity contribution in [3.63, 3.8) is 0 Å². The van der Waals surface area contributed by atoms with Gasteiger partial charge in [-0.25, -0.2) is 4.98 Å². The number of benzene rings is 1. The first kappa shape index (κ1) is 22.5. The van der Waals surface area contributed by atoms with E-state index in [2.05, 4.69) is 20.2 Å². The lowest BCUT2D eigenvalue weighted by Crippen LogP contribution is -2.15. The molecule has 172 valence electrons. The Morgan fingerprint density at radius 2 is 1.88 bits per heavy atom. The van der Waals surface area contributed by atoms with Gasteiger partial charge in [0.15, 0.2) is 0 Å². The molecule has 0 radical (unpaired) electrons. The largest absolute Gasteiger partial charge is 0.471 e. The van der Waals surface area contributed by atoms with Crippen LogP contribution in [0.15, 0.2) is 53.3 Å². The second-order valence-corrected chi connectivity index (χ2v) is 7.86. The lowest BCUT2D eigenvalue weighted by atomic mass is 9.96. The van der Waals surface area contributed by atoms with Crippen LogP contribution in [0.1, 0.15) is 30.7 Å². The molecule has 0 amide bonds. The monoisotopic (exact) mass is 459 g/mol. The van der Waals surface area contributed by atoms with Gasteiger partial charge in [-0.1, -0.05) is 23.4 Å². The van der Waals surface area contributed by atoms with Gasteiger partial charge >= 0.3 is 6.18 Å². The van der Waals surface area contributed by atoms with Gasteiger partial charge in [-0.2, -0.15) is 23.3 Å². The average molecular weight is 459 g/mol. The second kappa shape index (κ2) is 8.32. The van der Waals surface area contributed by atoms with Crippen molar-refractivity contribution in [3.05, 3.63) is 65.6 Å². The van der Waals surface area contributed by atoms with Gasteiger partial charge in [0, 0.05) is 24.9 Å². The van der Waals surface area contributed by atoms with Crippen LogP contribution in [0.5, 0.6) is 5.88 Å². The highest BCUT2D eigenvalue weighted by Gasteiger charge is 2.30. The molecular formula is C22H20F3N5O3. The summed E-state index contributed by atoms with van der Waals surface area (Å²) >= 11 is 0. The van der Waals surface area contributed by atoms with Crippen LogP contribution >= 0.6 is 0 Å². The van der Waals surface area contributed by atoms with E-state index in [0.29, 0.717) is 34.4 Å². The number of rotatable bonds is 6. The Hall–Kier alpha value is -3.73. The first-order valence-electron chi connectivity index (χ1n) is 9.86. The Balaban J connectivity index is 1.55. The maximum Gasteiger partial charge on any atom is 0.417 e. The minimum absolute atomic E-state index is 0.0316. The maximum atomic E-state index is 12.7. The number of nitrogens with zero attached hydrogens (tertiary/aromatic N) is 5. The van der Waals surface area contributed by atoms with E-state index in [-0.39, 0.29) is 18.4 Å². The van der Waals surface area contributed by atoms with Crippen molar-refractivity contribution < 1.29 is 27.5 Å². The number of hydrogen-bond acceptors (Lipinski definition) is 7. The molecule has 0 saturated carbocycles. The molecule has 0 saturated heterocycles. The molecule has 0 aliphatic carbocycles. The zero-order valence-corrected chi connectivity index (χ0v) is 18.0. The highest BCUT2D eigenvalue weighted by Crippen LogP contribution is 2.30. The molecule has 8 nitrogen and oxygen atoms in total. The van der Waals surface area contributed by atoms with E-state index in [1.165, 1.54) is 10.9 Å². The summed E-state index contributed by atoms with van der Waals surface area (Å²) in [5.41, 5.74) is 0.566. The zero-order valence-electron chi connectivity index (χ0n) is 18.0. The molecule has 0 unspecified atom stereocenters. The minimum Gasteiger partial charge on any atom is -0.471 e. The lowest BCUT2D eigenvalue weighted by molar-refractivity contribution is -0.137. The zero-order chi connectivity index (χ0) is 23.8. The highest BCUT2D eigenvalue weighted by molar-refractivity contribution is 5.61. The van der Waals surface area contributed by atoms with Crippen molar-refractivity contribution in [1.82, 2.24) is 24.9 Å². The van der Waals surface area contributed by atoms with Crippen LogP contribution in [0.3, 0.4) is 0 Å². The molecule has 3 aromatic heterocycles. The maximum absolute atomic E-state index is 12.7. The molecule has 0 fully saturated rings. The van der Waals surface area contributed by atoms with E-state index in [9.17, 15) is 18.3 Å². The summed E-state index contributed by atoms with van der Waals surface area (Å²) in [4.78, 5) is 8.14. The van der Waals surface area contributed by atoms with Crippen molar-refractivity contribution in [2.75, 3.05) is 0 Å². The first-order valence-corrected chi connectivity index (χ1v) is 9.86. The molecule has 1 N–H and O–H groups in total. The van der Waals surface area contributed by atoms with Gasteiger partial charge in [0.25, 0.3) is 5.89 Å². The molecule has 4 aromatic rings. The van der Waals surface area contributed by atoms with Gasteiger partial charge < -0.3 is 14.4 Å². The molecule has 33 heavy (non-hydrogen) atoms. The van der Waals surface area contributed by atoms with Crippen molar-refractivity contribution in [3.8, 4) is 28.7 Å². The topological polar surface area (TPSA) is 99.1 Å². The molecular weight excluding hydrogens is 439 g/mol. The van der Waals surface area contributed by atoms with Gasteiger partial charge in [0.2, 0.25) is 11.7 Å². The number of ether oxygens (including phenoxy) is 1. The fraction of sp³-hybridized carbons (Fsp3) is 0.273. The number of hydrogen-bond donors (Lipinski definition) is 1. The van der Waals surface area contributed by atoms with Crippen molar-refractivity contribution >= 4 is 0 Å². The Morgan fingerprint density at radius 1 is 1.09 bits per heavy atom. The van der Waals surface area contributed by atoms with Crippen LogP contribution < -0.4 is 4.74 Å². The first-order chi connectivity index (χ1) is 15.5. The number of pyridine rings is 1. The van der Waals surface area contributed by atoms with Gasteiger partial charge in [0.1, 0.15) is 6.61 Å². The molecule has 1 aromatic carbocycles. The summed E-state index contributed by atoms with van der Waals surface area (Å²) in [5.74, 6) is 0.562. The average Bonchev–Trinajstić information content (AvgIpc) is 3.38. The van der Waals surface area contributed by atoms with Crippen molar-refractivity contribution in [2.24, 2.45) is 7.05 Å². The number of halogens is 3. The fourth-order valence-electron chi connectivity index (χ4n) is 3.08. The summed E-state index contributed by atoms with van der Waals surface area (Å²) in [5, 5.41) is 18.5. The Labute approximate surface area is 186 Å². The van der Waals surface area contributed by atoms with Gasteiger partial charge in [-0.05, 0) is 31.5 Å². The number of alkyl halides is 3. The molecule has 11 heteroatoms. The third kappa shape index (κ3) is 4.87. The standard InChI is InChI=1S/C22H20F3N5O3/c1-21(2,31)14-6-4-5-13(9-14)19-28-20(33-29-19)16-11-27-30(3)17(16)12-32-18-8-7-15(10-26-18)22(23,24)25/h4-11,31H,12H2,1-3H3. The van der Waals surface area contributed by atoms with E-state index < -0.39 is 17.3 Å². The third-order valence-corrected chi connectivity index (χ3v) is 4.97.